The molecule has 110 valence electrons. The standard InChI is InChI=1S/C17H27N3/c1-13-10-20(11-14(2)19(13)3)12-15-6-4-8-17-16(15)7-5-9-18-17/h4,6,8,13-14,18H,5,7,9-12H2,1-3H3. The molecule has 2 aliphatic heterocycles. The summed E-state index contributed by atoms with van der Waals surface area (Å²) in [6, 6.07) is 8.05. The van der Waals surface area contributed by atoms with Crippen LogP contribution in [-0.4, -0.2) is 48.6 Å². The van der Waals surface area contributed by atoms with Gasteiger partial charge in [0.1, 0.15) is 0 Å². The molecular formula is C17H27N3. The van der Waals surface area contributed by atoms with Gasteiger partial charge in [0.25, 0.3) is 0 Å². The molecule has 0 bridgehead atoms. The lowest BCUT2D eigenvalue weighted by Gasteiger charge is -2.42. The van der Waals surface area contributed by atoms with E-state index in [1.165, 1.54) is 37.2 Å². The molecule has 20 heavy (non-hydrogen) atoms. The number of nitrogens with zero attached hydrogens (tertiary/aromatic N) is 2. The predicted octanol–water partition coefficient (Wildman–Crippen LogP) is 2.57. The predicted molar refractivity (Wildman–Crippen MR) is 85.2 cm³/mol. The lowest BCUT2D eigenvalue weighted by atomic mass is 9.96. The molecule has 1 aromatic rings. The van der Waals surface area contributed by atoms with Gasteiger partial charge >= 0.3 is 0 Å². The number of hydrogen-bond acceptors (Lipinski definition) is 3. The summed E-state index contributed by atoms with van der Waals surface area (Å²) in [5.41, 5.74) is 4.45. The van der Waals surface area contributed by atoms with Crippen molar-refractivity contribution in [2.24, 2.45) is 0 Å². The smallest absolute Gasteiger partial charge is 0.0375 e. The molecule has 2 heterocycles. The van der Waals surface area contributed by atoms with Crippen molar-refractivity contribution < 1.29 is 0 Å². The molecule has 0 aromatic heterocycles. The summed E-state index contributed by atoms with van der Waals surface area (Å²) in [6.07, 6.45) is 2.50. The molecule has 0 amide bonds. The number of hydrogen-bond donors (Lipinski definition) is 1. The van der Waals surface area contributed by atoms with Crippen LogP contribution in [0.15, 0.2) is 18.2 Å². The lowest BCUT2D eigenvalue weighted by molar-refractivity contribution is 0.0555. The number of benzene rings is 1. The maximum Gasteiger partial charge on any atom is 0.0375 e. The fourth-order valence-electron chi connectivity index (χ4n) is 3.62. The molecule has 0 saturated carbocycles. The molecule has 2 aliphatic rings. The van der Waals surface area contributed by atoms with Crippen molar-refractivity contribution in [3.05, 3.63) is 29.3 Å². The second-order valence-corrected chi connectivity index (χ2v) is 6.53. The van der Waals surface area contributed by atoms with Gasteiger partial charge in [-0.25, -0.2) is 0 Å². The first kappa shape index (κ1) is 13.9. The summed E-state index contributed by atoms with van der Waals surface area (Å²) >= 11 is 0. The van der Waals surface area contributed by atoms with Crippen molar-refractivity contribution in [1.82, 2.24) is 9.80 Å². The van der Waals surface area contributed by atoms with Gasteiger partial charge in [0.15, 0.2) is 0 Å². The normalized spacial score (nSPS) is 27.9. The minimum Gasteiger partial charge on any atom is -0.385 e. The number of piperazine rings is 1. The Labute approximate surface area is 123 Å². The van der Waals surface area contributed by atoms with Gasteiger partial charge in [-0.15, -0.1) is 0 Å². The molecule has 1 aromatic carbocycles. The molecule has 1 saturated heterocycles. The van der Waals surface area contributed by atoms with E-state index in [2.05, 4.69) is 54.2 Å². The second-order valence-electron chi connectivity index (χ2n) is 6.53. The maximum absolute atomic E-state index is 3.54. The minimum atomic E-state index is 0.649. The quantitative estimate of drug-likeness (QED) is 0.893. The highest BCUT2D eigenvalue weighted by molar-refractivity contribution is 5.56. The Hall–Kier alpha value is -1.06. The summed E-state index contributed by atoms with van der Waals surface area (Å²) in [7, 11) is 2.25. The van der Waals surface area contributed by atoms with Crippen LogP contribution in [0.25, 0.3) is 0 Å². The Bertz CT molecular complexity index is 459. The molecule has 2 atom stereocenters. The van der Waals surface area contributed by atoms with E-state index in [4.69, 9.17) is 0 Å². The van der Waals surface area contributed by atoms with Crippen LogP contribution in [0.1, 0.15) is 31.4 Å². The average Bonchev–Trinajstić information content (AvgIpc) is 2.45. The molecule has 1 fully saturated rings. The van der Waals surface area contributed by atoms with Crippen LogP contribution in [0.4, 0.5) is 5.69 Å². The maximum atomic E-state index is 3.54. The monoisotopic (exact) mass is 273 g/mol. The first-order valence-corrected chi connectivity index (χ1v) is 7.94. The van der Waals surface area contributed by atoms with Crippen LogP contribution >= 0.6 is 0 Å². The molecular weight excluding hydrogens is 246 g/mol. The number of rotatable bonds is 2. The highest BCUT2D eigenvalue weighted by atomic mass is 15.3. The first-order valence-electron chi connectivity index (χ1n) is 7.94. The van der Waals surface area contributed by atoms with Crippen molar-refractivity contribution in [1.29, 1.82) is 0 Å². The van der Waals surface area contributed by atoms with Gasteiger partial charge in [0.05, 0.1) is 0 Å². The summed E-state index contributed by atoms with van der Waals surface area (Å²) in [5.74, 6) is 0. The van der Waals surface area contributed by atoms with E-state index in [0.717, 1.165) is 13.1 Å². The van der Waals surface area contributed by atoms with Gasteiger partial charge in [0, 0.05) is 44.0 Å². The van der Waals surface area contributed by atoms with Crippen LogP contribution in [0.2, 0.25) is 0 Å². The highest BCUT2D eigenvalue weighted by Gasteiger charge is 2.27. The molecule has 3 heteroatoms. The third-order valence-corrected chi connectivity index (χ3v) is 5.02. The van der Waals surface area contributed by atoms with E-state index in [-0.39, 0.29) is 0 Å². The van der Waals surface area contributed by atoms with E-state index in [1.54, 1.807) is 5.56 Å². The van der Waals surface area contributed by atoms with Crippen molar-refractivity contribution in [3.8, 4) is 0 Å². The molecule has 3 rings (SSSR count). The number of anilines is 1. The van der Waals surface area contributed by atoms with Crippen molar-refractivity contribution in [2.75, 3.05) is 32.0 Å². The van der Waals surface area contributed by atoms with Crippen LogP contribution in [0.5, 0.6) is 0 Å². The largest absolute Gasteiger partial charge is 0.385 e. The van der Waals surface area contributed by atoms with Crippen LogP contribution in [0.3, 0.4) is 0 Å². The third-order valence-electron chi connectivity index (χ3n) is 5.02. The van der Waals surface area contributed by atoms with Gasteiger partial charge in [-0.1, -0.05) is 12.1 Å². The Kier molecular flexibility index (Phi) is 3.99. The SMILES string of the molecule is CC1CN(Cc2cccc3c2CCCN3)CC(C)N1C. The zero-order valence-corrected chi connectivity index (χ0v) is 13.0. The Morgan fingerprint density at radius 3 is 2.70 bits per heavy atom. The second kappa shape index (κ2) is 5.74. The van der Waals surface area contributed by atoms with Crippen LogP contribution in [0, 0.1) is 0 Å². The molecule has 0 spiro atoms. The molecule has 2 unspecified atom stereocenters. The highest BCUT2D eigenvalue weighted by Crippen LogP contribution is 2.27. The van der Waals surface area contributed by atoms with E-state index in [0.29, 0.717) is 12.1 Å². The number of nitrogens with one attached hydrogen (secondary N) is 1. The summed E-state index contributed by atoms with van der Waals surface area (Å²) in [6.45, 7) is 9.26. The molecule has 1 N–H and O–H groups in total. The first-order chi connectivity index (χ1) is 9.65. The zero-order chi connectivity index (χ0) is 14.1. The van der Waals surface area contributed by atoms with Crippen molar-refractivity contribution in [2.45, 2.75) is 45.3 Å². The van der Waals surface area contributed by atoms with Crippen molar-refractivity contribution >= 4 is 5.69 Å². The van der Waals surface area contributed by atoms with Crippen LogP contribution < -0.4 is 5.32 Å². The Morgan fingerprint density at radius 1 is 1.20 bits per heavy atom. The fourth-order valence-corrected chi connectivity index (χ4v) is 3.62. The van der Waals surface area contributed by atoms with Gasteiger partial charge in [-0.3, -0.25) is 9.80 Å². The molecule has 0 radical (unpaired) electrons. The van der Waals surface area contributed by atoms with E-state index in [1.807, 2.05) is 0 Å². The van der Waals surface area contributed by atoms with E-state index >= 15 is 0 Å². The van der Waals surface area contributed by atoms with Gasteiger partial charge in [-0.2, -0.15) is 0 Å². The van der Waals surface area contributed by atoms with E-state index < -0.39 is 0 Å². The fraction of sp³-hybridized carbons (Fsp3) is 0.647. The van der Waals surface area contributed by atoms with E-state index in [9.17, 15) is 0 Å². The zero-order valence-electron chi connectivity index (χ0n) is 13.0. The summed E-state index contributed by atoms with van der Waals surface area (Å²) in [5, 5.41) is 3.54. The number of fused-ring (bicyclic) bond motifs is 1. The minimum absolute atomic E-state index is 0.649. The van der Waals surface area contributed by atoms with Crippen molar-refractivity contribution in [3.63, 3.8) is 0 Å². The average molecular weight is 273 g/mol. The Morgan fingerprint density at radius 2 is 1.95 bits per heavy atom. The lowest BCUT2D eigenvalue weighted by Crippen LogP contribution is -2.54. The molecule has 3 nitrogen and oxygen atoms in total. The topological polar surface area (TPSA) is 18.5 Å². The Balaban J connectivity index is 1.75. The van der Waals surface area contributed by atoms with Gasteiger partial charge in [0.2, 0.25) is 0 Å². The molecule has 0 aliphatic carbocycles. The summed E-state index contributed by atoms with van der Waals surface area (Å²) in [4.78, 5) is 5.12. The van der Waals surface area contributed by atoms with Gasteiger partial charge in [-0.05, 0) is 50.9 Å². The van der Waals surface area contributed by atoms with Crippen LogP contribution in [-0.2, 0) is 13.0 Å². The third kappa shape index (κ3) is 2.70. The number of likely N-dealkylation sites (N-methyl/N-ethyl adjacent to an activating group) is 1. The summed E-state index contributed by atoms with van der Waals surface area (Å²) < 4.78 is 0. The van der Waals surface area contributed by atoms with Gasteiger partial charge < -0.3 is 5.32 Å².